The van der Waals surface area contributed by atoms with E-state index in [4.69, 9.17) is 5.11 Å². The van der Waals surface area contributed by atoms with E-state index in [0.717, 1.165) is 27.7 Å². The molecular weight excluding hydrogens is 264 g/mol. The molecule has 3 aromatic rings. The van der Waals surface area contributed by atoms with E-state index in [2.05, 4.69) is 34.1 Å². The van der Waals surface area contributed by atoms with E-state index in [1.54, 1.807) is 6.07 Å². The first-order valence-electron chi connectivity index (χ1n) is 6.68. The van der Waals surface area contributed by atoms with Gasteiger partial charge >= 0.3 is 5.97 Å². The van der Waals surface area contributed by atoms with Gasteiger partial charge in [0.05, 0.1) is 0 Å². The van der Waals surface area contributed by atoms with Crippen LogP contribution in [0.5, 0.6) is 0 Å². The van der Waals surface area contributed by atoms with Crippen LogP contribution in [0.3, 0.4) is 0 Å². The highest BCUT2D eigenvalue weighted by Crippen LogP contribution is 2.26. The van der Waals surface area contributed by atoms with Crippen molar-refractivity contribution in [1.29, 1.82) is 0 Å². The predicted octanol–water partition coefficient (Wildman–Crippen LogP) is 3.60. The van der Waals surface area contributed by atoms with Crippen LogP contribution in [0.1, 0.15) is 10.5 Å². The number of aromatic carboxylic acids is 1. The molecule has 4 nitrogen and oxygen atoms in total. The molecule has 1 heterocycles. The lowest BCUT2D eigenvalue weighted by Gasteiger charge is -2.12. The predicted molar refractivity (Wildman–Crippen MR) is 85.0 cm³/mol. The molecule has 0 radical (unpaired) electrons. The van der Waals surface area contributed by atoms with Crippen molar-refractivity contribution in [3.8, 4) is 11.1 Å². The van der Waals surface area contributed by atoms with Gasteiger partial charge in [0.25, 0.3) is 0 Å². The third kappa shape index (κ3) is 2.48. The molecule has 0 unspecified atom stereocenters. The molecule has 3 rings (SSSR count). The Hall–Kier alpha value is -2.75. The summed E-state index contributed by atoms with van der Waals surface area (Å²) in [6.45, 7) is 0. The second-order valence-electron chi connectivity index (χ2n) is 5.23. The molecule has 0 bridgehead atoms. The monoisotopic (exact) mass is 280 g/mol. The first-order chi connectivity index (χ1) is 10.0. The second-order valence-corrected chi connectivity index (χ2v) is 5.23. The van der Waals surface area contributed by atoms with Crippen molar-refractivity contribution in [3.63, 3.8) is 0 Å². The summed E-state index contributed by atoms with van der Waals surface area (Å²) in [6.07, 6.45) is 0. The Morgan fingerprint density at radius 3 is 2.29 bits per heavy atom. The van der Waals surface area contributed by atoms with Gasteiger partial charge in [-0.1, -0.05) is 24.3 Å². The number of carboxylic acids is 1. The van der Waals surface area contributed by atoms with E-state index < -0.39 is 5.97 Å². The summed E-state index contributed by atoms with van der Waals surface area (Å²) in [6, 6.07) is 15.8. The highest BCUT2D eigenvalue weighted by molar-refractivity contribution is 5.95. The van der Waals surface area contributed by atoms with Crippen molar-refractivity contribution in [2.75, 3.05) is 19.0 Å². The van der Waals surface area contributed by atoms with Crippen LogP contribution in [0.4, 0.5) is 5.69 Å². The van der Waals surface area contributed by atoms with Gasteiger partial charge < -0.3 is 15.0 Å². The van der Waals surface area contributed by atoms with Crippen LogP contribution in [-0.4, -0.2) is 30.2 Å². The normalized spacial score (nSPS) is 10.8. The Morgan fingerprint density at radius 1 is 1.00 bits per heavy atom. The zero-order valence-corrected chi connectivity index (χ0v) is 11.9. The van der Waals surface area contributed by atoms with Crippen LogP contribution in [0.2, 0.25) is 0 Å². The zero-order chi connectivity index (χ0) is 15.0. The van der Waals surface area contributed by atoms with Gasteiger partial charge in [0, 0.05) is 30.7 Å². The summed E-state index contributed by atoms with van der Waals surface area (Å²) in [5, 5.41) is 9.92. The largest absolute Gasteiger partial charge is 0.477 e. The fraction of sp³-hybridized carbons (Fsp3) is 0.118. The summed E-state index contributed by atoms with van der Waals surface area (Å²) in [4.78, 5) is 16.0. The van der Waals surface area contributed by atoms with E-state index in [9.17, 15) is 4.79 Å². The Balaban J connectivity index is 2.02. The number of hydrogen-bond acceptors (Lipinski definition) is 2. The summed E-state index contributed by atoms with van der Waals surface area (Å²) >= 11 is 0. The molecule has 1 aromatic heterocycles. The van der Waals surface area contributed by atoms with Crippen molar-refractivity contribution in [2.45, 2.75) is 0 Å². The zero-order valence-electron chi connectivity index (χ0n) is 11.9. The summed E-state index contributed by atoms with van der Waals surface area (Å²) in [7, 11) is 4.01. The van der Waals surface area contributed by atoms with E-state index in [1.165, 1.54) is 0 Å². The molecule has 106 valence electrons. The SMILES string of the molecule is CN(C)c1ccc(-c2ccc3cc(C(=O)O)[nH]c3c2)cc1. The molecule has 0 fully saturated rings. The molecule has 0 spiro atoms. The number of benzene rings is 2. The number of aromatic nitrogens is 1. The molecule has 0 atom stereocenters. The molecule has 2 N–H and O–H groups in total. The third-order valence-corrected chi connectivity index (χ3v) is 3.57. The summed E-state index contributed by atoms with van der Waals surface area (Å²) < 4.78 is 0. The van der Waals surface area contributed by atoms with Crippen LogP contribution in [0.15, 0.2) is 48.5 Å². The lowest BCUT2D eigenvalue weighted by molar-refractivity contribution is 0.0691. The maximum absolute atomic E-state index is 11.0. The van der Waals surface area contributed by atoms with Gasteiger partial charge in [-0.05, 0) is 35.4 Å². The molecule has 0 aliphatic carbocycles. The Kier molecular flexibility index (Phi) is 3.14. The third-order valence-electron chi connectivity index (χ3n) is 3.57. The average molecular weight is 280 g/mol. The summed E-state index contributed by atoms with van der Waals surface area (Å²) in [5.41, 5.74) is 4.36. The van der Waals surface area contributed by atoms with E-state index >= 15 is 0 Å². The number of hydrogen-bond donors (Lipinski definition) is 2. The van der Waals surface area contributed by atoms with Crippen LogP contribution >= 0.6 is 0 Å². The number of nitrogens with zero attached hydrogens (tertiary/aromatic N) is 1. The minimum absolute atomic E-state index is 0.213. The van der Waals surface area contributed by atoms with Gasteiger partial charge in [0.2, 0.25) is 0 Å². The van der Waals surface area contributed by atoms with Crippen molar-refractivity contribution in [3.05, 3.63) is 54.2 Å². The maximum Gasteiger partial charge on any atom is 0.352 e. The van der Waals surface area contributed by atoms with Crippen LogP contribution < -0.4 is 4.90 Å². The first kappa shape index (κ1) is 13.2. The van der Waals surface area contributed by atoms with Crippen molar-refractivity contribution in [2.24, 2.45) is 0 Å². The lowest BCUT2D eigenvalue weighted by atomic mass is 10.0. The van der Waals surface area contributed by atoms with Crippen molar-refractivity contribution < 1.29 is 9.90 Å². The number of nitrogens with one attached hydrogen (secondary N) is 1. The van der Waals surface area contributed by atoms with Gasteiger partial charge in [-0.2, -0.15) is 0 Å². The highest BCUT2D eigenvalue weighted by atomic mass is 16.4. The minimum Gasteiger partial charge on any atom is -0.477 e. The quantitative estimate of drug-likeness (QED) is 0.770. The number of carboxylic acid groups (broad SMARTS) is 1. The van der Waals surface area contributed by atoms with Crippen molar-refractivity contribution >= 4 is 22.6 Å². The van der Waals surface area contributed by atoms with Crippen LogP contribution in [0, 0.1) is 0 Å². The molecule has 4 heteroatoms. The molecule has 0 aliphatic rings. The van der Waals surface area contributed by atoms with E-state index in [-0.39, 0.29) is 5.69 Å². The Bertz CT molecular complexity index is 801. The molecule has 0 saturated heterocycles. The Morgan fingerprint density at radius 2 is 1.67 bits per heavy atom. The number of aromatic amines is 1. The van der Waals surface area contributed by atoms with E-state index in [0.29, 0.717) is 0 Å². The highest BCUT2D eigenvalue weighted by Gasteiger charge is 2.08. The molecule has 0 saturated carbocycles. The van der Waals surface area contributed by atoms with Crippen LogP contribution in [0.25, 0.3) is 22.0 Å². The lowest BCUT2D eigenvalue weighted by Crippen LogP contribution is -2.07. The number of carbonyl (C=O) groups is 1. The first-order valence-corrected chi connectivity index (χ1v) is 6.68. The molecular formula is C17H16N2O2. The van der Waals surface area contributed by atoms with Crippen LogP contribution in [-0.2, 0) is 0 Å². The second kappa shape index (κ2) is 4.98. The molecule has 0 aliphatic heterocycles. The van der Waals surface area contributed by atoms with Gasteiger partial charge in [0.15, 0.2) is 0 Å². The minimum atomic E-state index is -0.942. The maximum atomic E-state index is 11.0. The fourth-order valence-corrected chi connectivity index (χ4v) is 2.37. The fourth-order valence-electron chi connectivity index (χ4n) is 2.37. The summed E-state index contributed by atoms with van der Waals surface area (Å²) in [5.74, 6) is -0.942. The Labute approximate surface area is 122 Å². The average Bonchev–Trinajstić information content (AvgIpc) is 2.90. The van der Waals surface area contributed by atoms with Gasteiger partial charge in [-0.3, -0.25) is 0 Å². The number of rotatable bonds is 3. The number of H-pyrrole nitrogens is 1. The van der Waals surface area contributed by atoms with Gasteiger partial charge in [-0.15, -0.1) is 0 Å². The standard InChI is InChI=1S/C17H16N2O2/c1-19(2)14-7-5-11(6-8-14)12-3-4-13-10-16(17(20)21)18-15(13)9-12/h3-10,18H,1-2H3,(H,20,21). The van der Waals surface area contributed by atoms with Crippen molar-refractivity contribution in [1.82, 2.24) is 4.98 Å². The van der Waals surface area contributed by atoms with E-state index in [1.807, 2.05) is 32.3 Å². The number of fused-ring (bicyclic) bond motifs is 1. The molecule has 0 amide bonds. The van der Waals surface area contributed by atoms with Gasteiger partial charge in [-0.25, -0.2) is 4.79 Å². The van der Waals surface area contributed by atoms with Gasteiger partial charge in [0.1, 0.15) is 5.69 Å². The smallest absolute Gasteiger partial charge is 0.352 e. The topological polar surface area (TPSA) is 56.3 Å². The molecule has 21 heavy (non-hydrogen) atoms. The molecule has 2 aromatic carbocycles. The number of anilines is 1.